The average molecular weight is 390 g/mol. The lowest BCUT2D eigenvalue weighted by atomic mass is 10.1. The van der Waals surface area contributed by atoms with Gasteiger partial charge in [0.25, 0.3) is 0 Å². The predicted molar refractivity (Wildman–Crippen MR) is 111 cm³/mol. The van der Waals surface area contributed by atoms with Crippen LogP contribution in [0.1, 0.15) is 5.56 Å². The Hall–Kier alpha value is -3.80. The molecule has 0 aliphatic carbocycles. The van der Waals surface area contributed by atoms with Gasteiger partial charge in [0.2, 0.25) is 0 Å². The first-order chi connectivity index (χ1) is 14.2. The van der Waals surface area contributed by atoms with Crippen molar-refractivity contribution in [2.75, 3.05) is 19.0 Å². The number of amides is 2. The minimum Gasteiger partial charge on any atom is -0.497 e. The quantitative estimate of drug-likeness (QED) is 0.602. The number of para-hydroxylation sites is 3. The van der Waals surface area contributed by atoms with Crippen LogP contribution in [0.15, 0.2) is 78.9 Å². The molecular weight excluding hydrogens is 368 g/mol. The summed E-state index contributed by atoms with van der Waals surface area (Å²) in [5.41, 5.74) is 1.43. The molecule has 0 fully saturated rings. The maximum atomic E-state index is 12.3. The van der Waals surface area contributed by atoms with Gasteiger partial charge in [0.1, 0.15) is 11.5 Å². The van der Waals surface area contributed by atoms with Crippen molar-refractivity contribution in [1.82, 2.24) is 5.32 Å². The zero-order valence-electron chi connectivity index (χ0n) is 16.1. The number of carbonyl (C=O) groups is 2. The van der Waals surface area contributed by atoms with E-state index in [0.717, 1.165) is 11.3 Å². The van der Waals surface area contributed by atoms with Crippen LogP contribution < -0.4 is 20.1 Å². The molecule has 148 valence electrons. The van der Waals surface area contributed by atoms with E-state index in [1.807, 2.05) is 54.6 Å². The predicted octanol–water partition coefficient (Wildman–Crippen LogP) is 3.78. The van der Waals surface area contributed by atoms with Gasteiger partial charge in [-0.3, -0.25) is 9.59 Å². The molecule has 0 aromatic heterocycles. The number of nitrogens with one attached hydrogen (secondary N) is 2. The average Bonchev–Trinajstić information content (AvgIpc) is 2.76. The van der Waals surface area contributed by atoms with Gasteiger partial charge < -0.3 is 20.1 Å². The highest BCUT2D eigenvalue weighted by molar-refractivity contribution is 6.39. The molecule has 0 aliphatic rings. The maximum Gasteiger partial charge on any atom is 0.313 e. The molecule has 2 N–H and O–H groups in total. The third-order valence-corrected chi connectivity index (χ3v) is 4.15. The highest BCUT2D eigenvalue weighted by Crippen LogP contribution is 2.28. The first-order valence-electron chi connectivity index (χ1n) is 9.20. The van der Waals surface area contributed by atoms with Crippen LogP contribution >= 0.6 is 0 Å². The van der Waals surface area contributed by atoms with Crippen LogP contribution in [0, 0.1) is 0 Å². The normalized spacial score (nSPS) is 10.1. The van der Waals surface area contributed by atoms with E-state index >= 15 is 0 Å². The Balaban J connectivity index is 1.55. The molecule has 29 heavy (non-hydrogen) atoms. The molecule has 0 bridgehead atoms. The zero-order chi connectivity index (χ0) is 20.5. The Labute approximate surface area is 169 Å². The standard InChI is InChI=1S/C23H22N2O4/c1-28-19-11-7-8-17(16-19)14-15-24-22(26)23(27)25-20-12-5-6-13-21(20)29-18-9-3-2-4-10-18/h2-13,16H,14-15H2,1H3,(H,24,26)(H,25,27). The Bertz CT molecular complexity index is 973. The number of hydrogen-bond acceptors (Lipinski definition) is 4. The number of methoxy groups -OCH3 is 1. The smallest absolute Gasteiger partial charge is 0.313 e. The van der Waals surface area contributed by atoms with Gasteiger partial charge in [0, 0.05) is 6.54 Å². The summed E-state index contributed by atoms with van der Waals surface area (Å²) >= 11 is 0. The number of hydrogen-bond donors (Lipinski definition) is 2. The van der Waals surface area contributed by atoms with E-state index in [1.54, 1.807) is 31.4 Å². The number of anilines is 1. The van der Waals surface area contributed by atoms with Crippen molar-refractivity contribution in [3.63, 3.8) is 0 Å². The van der Waals surface area contributed by atoms with Gasteiger partial charge in [-0.1, -0.05) is 42.5 Å². The monoisotopic (exact) mass is 390 g/mol. The maximum absolute atomic E-state index is 12.3. The highest BCUT2D eigenvalue weighted by Gasteiger charge is 2.15. The van der Waals surface area contributed by atoms with Crippen LogP contribution in [-0.4, -0.2) is 25.5 Å². The van der Waals surface area contributed by atoms with Crippen LogP contribution in [0.5, 0.6) is 17.2 Å². The lowest BCUT2D eigenvalue weighted by Crippen LogP contribution is -2.36. The van der Waals surface area contributed by atoms with Crippen molar-refractivity contribution in [3.05, 3.63) is 84.4 Å². The molecule has 2 amide bonds. The van der Waals surface area contributed by atoms with Gasteiger partial charge >= 0.3 is 11.8 Å². The van der Waals surface area contributed by atoms with Crippen LogP contribution in [-0.2, 0) is 16.0 Å². The third-order valence-electron chi connectivity index (χ3n) is 4.15. The first kappa shape index (κ1) is 19.9. The SMILES string of the molecule is COc1cccc(CCNC(=O)C(=O)Nc2ccccc2Oc2ccccc2)c1. The summed E-state index contributed by atoms with van der Waals surface area (Å²) in [4.78, 5) is 24.4. The molecule has 0 spiro atoms. The molecular formula is C23H22N2O4. The summed E-state index contributed by atoms with van der Waals surface area (Å²) in [6, 6.07) is 23.7. The largest absolute Gasteiger partial charge is 0.497 e. The van der Waals surface area contributed by atoms with E-state index in [4.69, 9.17) is 9.47 Å². The van der Waals surface area contributed by atoms with Gasteiger partial charge in [-0.25, -0.2) is 0 Å². The van der Waals surface area contributed by atoms with Gasteiger partial charge in [0.15, 0.2) is 5.75 Å². The summed E-state index contributed by atoms with van der Waals surface area (Å²) in [6.45, 7) is 0.335. The molecule has 6 nitrogen and oxygen atoms in total. The molecule has 0 atom stereocenters. The van der Waals surface area contributed by atoms with Crippen molar-refractivity contribution in [1.29, 1.82) is 0 Å². The second-order valence-corrected chi connectivity index (χ2v) is 6.22. The molecule has 0 saturated carbocycles. The van der Waals surface area contributed by atoms with E-state index < -0.39 is 11.8 Å². The fraction of sp³-hybridized carbons (Fsp3) is 0.130. The van der Waals surface area contributed by atoms with Gasteiger partial charge in [-0.15, -0.1) is 0 Å². The van der Waals surface area contributed by atoms with Crippen molar-refractivity contribution < 1.29 is 19.1 Å². The third kappa shape index (κ3) is 5.84. The van der Waals surface area contributed by atoms with Crippen molar-refractivity contribution in [3.8, 4) is 17.2 Å². The number of rotatable bonds is 7. The van der Waals surface area contributed by atoms with E-state index in [9.17, 15) is 9.59 Å². The highest BCUT2D eigenvalue weighted by atomic mass is 16.5. The molecule has 3 rings (SSSR count). The molecule has 0 heterocycles. The Morgan fingerprint density at radius 1 is 0.828 bits per heavy atom. The fourth-order valence-corrected chi connectivity index (χ4v) is 2.68. The summed E-state index contributed by atoms with van der Waals surface area (Å²) in [5, 5.41) is 5.23. The van der Waals surface area contributed by atoms with Crippen molar-refractivity contribution in [2.24, 2.45) is 0 Å². The van der Waals surface area contributed by atoms with E-state index in [2.05, 4.69) is 10.6 Å². The second kappa shape index (κ2) is 9.94. The minimum absolute atomic E-state index is 0.335. The summed E-state index contributed by atoms with van der Waals surface area (Å²) in [5.74, 6) is 0.386. The molecule has 0 radical (unpaired) electrons. The number of ether oxygens (including phenoxy) is 2. The van der Waals surface area contributed by atoms with Crippen LogP contribution in [0.3, 0.4) is 0 Å². The van der Waals surface area contributed by atoms with Crippen LogP contribution in [0.4, 0.5) is 5.69 Å². The molecule has 0 unspecified atom stereocenters. The lowest BCUT2D eigenvalue weighted by molar-refractivity contribution is -0.136. The van der Waals surface area contributed by atoms with E-state index in [1.165, 1.54) is 0 Å². The van der Waals surface area contributed by atoms with Crippen LogP contribution in [0.2, 0.25) is 0 Å². The summed E-state index contributed by atoms with van der Waals surface area (Å²) in [7, 11) is 1.60. The molecule has 3 aromatic rings. The molecule has 6 heteroatoms. The number of benzene rings is 3. The first-order valence-corrected chi connectivity index (χ1v) is 9.20. The lowest BCUT2D eigenvalue weighted by Gasteiger charge is -2.12. The molecule has 0 saturated heterocycles. The summed E-state index contributed by atoms with van der Waals surface area (Å²) in [6.07, 6.45) is 0.587. The minimum atomic E-state index is -0.750. The second-order valence-electron chi connectivity index (χ2n) is 6.22. The van der Waals surface area contributed by atoms with Crippen molar-refractivity contribution >= 4 is 17.5 Å². The summed E-state index contributed by atoms with van der Waals surface area (Å²) < 4.78 is 11.0. The Morgan fingerprint density at radius 3 is 2.34 bits per heavy atom. The van der Waals surface area contributed by atoms with Gasteiger partial charge in [0.05, 0.1) is 12.8 Å². The zero-order valence-corrected chi connectivity index (χ0v) is 16.1. The van der Waals surface area contributed by atoms with E-state index in [0.29, 0.717) is 30.2 Å². The Morgan fingerprint density at radius 2 is 1.55 bits per heavy atom. The van der Waals surface area contributed by atoms with Crippen LogP contribution in [0.25, 0.3) is 0 Å². The fourth-order valence-electron chi connectivity index (χ4n) is 2.68. The molecule has 0 aliphatic heterocycles. The number of carbonyl (C=O) groups excluding carboxylic acids is 2. The van der Waals surface area contributed by atoms with Crippen molar-refractivity contribution in [2.45, 2.75) is 6.42 Å². The topological polar surface area (TPSA) is 76.7 Å². The van der Waals surface area contributed by atoms with E-state index in [-0.39, 0.29) is 0 Å². The molecule has 3 aromatic carbocycles. The van der Waals surface area contributed by atoms with Gasteiger partial charge in [-0.05, 0) is 48.4 Å². The Kier molecular flexibility index (Phi) is 6.84. The van der Waals surface area contributed by atoms with Gasteiger partial charge in [-0.2, -0.15) is 0 Å².